The predicted molar refractivity (Wildman–Crippen MR) is 234 cm³/mol. The summed E-state index contributed by atoms with van der Waals surface area (Å²) in [6.07, 6.45) is 0. The molecule has 3 aromatic heterocycles. The van der Waals surface area contributed by atoms with Crippen LogP contribution in [-0.2, 0) is 0 Å². The molecule has 11 aromatic rings. The molecule has 0 unspecified atom stereocenters. The van der Waals surface area contributed by atoms with Crippen molar-refractivity contribution < 1.29 is 4.42 Å². The maximum absolute atomic E-state index is 6.28. The second-order valence-corrected chi connectivity index (χ2v) is 14.3. The Morgan fingerprint density at radius 1 is 0.362 bits per heavy atom. The Morgan fingerprint density at radius 3 is 1.60 bits per heavy atom. The summed E-state index contributed by atoms with van der Waals surface area (Å²) in [5.41, 5.74) is 12.9. The van der Waals surface area contributed by atoms with Crippen LogP contribution in [0.2, 0.25) is 0 Å². The van der Waals surface area contributed by atoms with Gasteiger partial charge in [0.2, 0.25) is 5.89 Å². The standard InChI is InChI=1S/C52H33N5O/c1-5-14-34(15-6-1)35-24-26-37(27-25-35)50-54-49(36-16-7-2-8-17-36)55-51(56-50)43-22-13-23-45-48(43)42-30-28-39(32-46(42)57(45)41-20-11-4-12-21-41)40-29-31-44-47(33-40)58-52(53-44)38-18-9-3-10-19-38/h1-33H. The first-order valence-corrected chi connectivity index (χ1v) is 19.3. The molecule has 0 amide bonds. The Morgan fingerprint density at radius 2 is 0.897 bits per heavy atom. The zero-order valence-corrected chi connectivity index (χ0v) is 31.2. The molecule has 0 saturated carbocycles. The molecule has 0 aliphatic carbocycles. The van der Waals surface area contributed by atoms with Gasteiger partial charge < -0.3 is 8.98 Å². The largest absolute Gasteiger partial charge is 0.436 e. The van der Waals surface area contributed by atoms with Gasteiger partial charge in [0.15, 0.2) is 23.1 Å². The minimum Gasteiger partial charge on any atom is -0.436 e. The first kappa shape index (κ1) is 33.4. The van der Waals surface area contributed by atoms with Crippen LogP contribution in [0.15, 0.2) is 205 Å². The molecule has 0 radical (unpaired) electrons. The molecule has 0 saturated heterocycles. The lowest BCUT2D eigenvalue weighted by Gasteiger charge is -2.11. The van der Waals surface area contributed by atoms with E-state index < -0.39 is 0 Å². The quantitative estimate of drug-likeness (QED) is 0.163. The SMILES string of the molecule is c1ccc(-c2ccc(-c3nc(-c4ccccc4)nc(-c4cccc5c4c4ccc(-c6ccc7nc(-c8ccccc8)oc7c6)cc4n5-c4ccccc4)n3)cc2)cc1. The maximum Gasteiger partial charge on any atom is 0.227 e. The van der Waals surface area contributed by atoms with Gasteiger partial charge in [-0.1, -0.05) is 152 Å². The summed E-state index contributed by atoms with van der Waals surface area (Å²) in [4.78, 5) is 20.2. The van der Waals surface area contributed by atoms with Crippen LogP contribution in [0.5, 0.6) is 0 Å². The summed E-state index contributed by atoms with van der Waals surface area (Å²) in [5, 5.41) is 2.17. The minimum atomic E-state index is 0.612. The van der Waals surface area contributed by atoms with Crippen molar-refractivity contribution >= 4 is 32.9 Å². The van der Waals surface area contributed by atoms with Crippen LogP contribution in [-0.4, -0.2) is 24.5 Å². The number of para-hydroxylation sites is 1. The van der Waals surface area contributed by atoms with Crippen LogP contribution in [0.3, 0.4) is 0 Å². The Kier molecular flexibility index (Phi) is 8.04. The molecule has 272 valence electrons. The van der Waals surface area contributed by atoms with Gasteiger partial charge in [-0.25, -0.2) is 19.9 Å². The Balaban J connectivity index is 1.09. The van der Waals surface area contributed by atoms with Crippen molar-refractivity contribution in [1.29, 1.82) is 0 Å². The topological polar surface area (TPSA) is 69.6 Å². The number of oxazole rings is 1. The normalized spacial score (nSPS) is 11.4. The summed E-state index contributed by atoms with van der Waals surface area (Å²) in [7, 11) is 0. The maximum atomic E-state index is 6.28. The average Bonchev–Trinajstić information content (AvgIpc) is 3.89. The Hall–Kier alpha value is -7.96. The van der Waals surface area contributed by atoms with Crippen LogP contribution in [0.4, 0.5) is 0 Å². The first-order chi connectivity index (χ1) is 28.7. The van der Waals surface area contributed by atoms with E-state index in [1.807, 2.05) is 78.9 Å². The second kappa shape index (κ2) is 14.0. The summed E-state index contributed by atoms with van der Waals surface area (Å²) in [6, 6.07) is 68.8. The molecule has 0 bridgehead atoms. The molecule has 0 fully saturated rings. The molecule has 6 nitrogen and oxygen atoms in total. The number of rotatable bonds is 7. The molecule has 0 spiro atoms. The van der Waals surface area contributed by atoms with E-state index in [0.29, 0.717) is 23.4 Å². The minimum absolute atomic E-state index is 0.612. The molecule has 0 aliphatic rings. The van der Waals surface area contributed by atoms with Crippen LogP contribution in [0.1, 0.15) is 0 Å². The lowest BCUT2D eigenvalue weighted by atomic mass is 10.0. The van der Waals surface area contributed by atoms with Crippen molar-refractivity contribution in [2.45, 2.75) is 0 Å². The third-order valence-electron chi connectivity index (χ3n) is 10.7. The third kappa shape index (κ3) is 5.92. The Labute approximate surface area is 334 Å². The molecule has 0 N–H and O–H groups in total. The number of hydrogen-bond donors (Lipinski definition) is 0. The number of benzene rings is 8. The highest BCUT2D eigenvalue weighted by Crippen LogP contribution is 2.40. The fourth-order valence-electron chi connectivity index (χ4n) is 7.88. The van der Waals surface area contributed by atoms with Crippen LogP contribution in [0.25, 0.3) is 106 Å². The van der Waals surface area contributed by atoms with Gasteiger partial charge in [0.1, 0.15) is 5.52 Å². The fraction of sp³-hybridized carbons (Fsp3) is 0. The van der Waals surface area contributed by atoms with Crippen LogP contribution < -0.4 is 0 Å². The van der Waals surface area contributed by atoms with Gasteiger partial charge in [-0.2, -0.15) is 0 Å². The van der Waals surface area contributed by atoms with E-state index in [-0.39, 0.29) is 0 Å². The lowest BCUT2D eigenvalue weighted by Crippen LogP contribution is -2.00. The van der Waals surface area contributed by atoms with Gasteiger partial charge in [0, 0.05) is 38.7 Å². The number of aromatic nitrogens is 5. The second-order valence-electron chi connectivity index (χ2n) is 14.3. The Bertz CT molecular complexity index is 3250. The van der Waals surface area contributed by atoms with Gasteiger partial charge in [0.25, 0.3) is 0 Å². The molecular formula is C52H33N5O. The van der Waals surface area contributed by atoms with E-state index in [1.165, 1.54) is 0 Å². The van der Waals surface area contributed by atoms with E-state index >= 15 is 0 Å². The monoisotopic (exact) mass is 743 g/mol. The van der Waals surface area contributed by atoms with E-state index in [9.17, 15) is 0 Å². The van der Waals surface area contributed by atoms with Gasteiger partial charge in [-0.05, 0) is 70.8 Å². The fourth-order valence-corrected chi connectivity index (χ4v) is 7.88. The molecule has 8 aromatic carbocycles. The summed E-state index contributed by atoms with van der Waals surface area (Å²) >= 11 is 0. The first-order valence-electron chi connectivity index (χ1n) is 19.3. The van der Waals surface area contributed by atoms with Gasteiger partial charge in [-0.3, -0.25) is 0 Å². The van der Waals surface area contributed by atoms with E-state index in [4.69, 9.17) is 24.4 Å². The summed E-state index contributed by atoms with van der Waals surface area (Å²) in [6.45, 7) is 0. The van der Waals surface area contributed by atoms with E-state index in [0.717, 1.165) is 83.1 Å². The molecule has 11 rings (SSSR count). The molecule has 0 atom stereocenters. The van der Waals surface area contributed by atoms with Crippen molar-refractivity contribution in [2.24, 2.45) is 0 Å². The van der Waals surface area contributed by atoms with E-state index in [2.05, 4.69) is 126 Å². The zero-order chi connectivity index (χ0) is 38.4. The molecule has 0 aliphatic heterocycles. The molecule has 6 heteroatoms. The number of hydrogen-bond acceptors (Lipinski definition) is 5. The predicted octanol–water partition coefficient (Wildman–Crippen LogP) is 13.1. The average molecular weight is 744 g/mol. The third-order valence-corrected chi connectivity index (χ3v) is 10.7. The van der Waals surface area contributed by atoms with Crippen molar-refractivity contribution in [3.63, 3.8) is 0 Å². The van der Waals surface area contributed by atoms with Gasteiger partial charge in [-0.15, -0.1) is 0 Å². The van der Waals surface area contributed by atoms with Crippen molar-refractivity contribution in [2.75, 3.05) is 0 Å². The van der Waals surface area contributed by atoms with Gasteiger partial charge in [0.05, 0.1) is 11.0 Å². The highest BCUT2D eigenvalue weighted by Gasteiger charge is 2.21. The number of nitrogens with zero attached hydrogens (tertiary/aromatic N) is 5. The van der Waals surface area contributed by atoms with Gasteiger partial charge >= 0.3 is 0 Å². The van der Waals surface area contributed by atoms with Crippen molar-refractivity contribution in [3.05, 3.63) is 200 Å². The smallest absolute Gasteiger partial charge is 0.227 e. The van der Waals surface area contributed by atoms with Crippen molar-refractivity contribution in [1.82, 2.24) is 24.5 Å². The highest BCUT2D eigenvalue weighted by atomic mass is 16.3. The van der Waals surface area contributed by atoms with Crippen LogP contribution >= 0.6 is 0 Å². The number of fused-ring (bicyclic) bond motifs is 4. The van der Waals surface area contributed by atoms with E-state index in [1.54, 1.807) is 0 Å². The van der Waals surface area contributed by atoms with Crippen LogP contribution in [0, 0.1) is 0 Å². The molecule has 58 heavy (non-hydrogen) atoms. The molecule has 3 heterocycles. The summed E-state index contributed by atoms with van der Waals surface area (Å²) in [5.74, 6) is 2.47. The zero-order valence-electron chi connectivity index (χ0n) is 31.2. The lowest BCUT2D eigenvalue weighted by molar-refractivity contribution is 0.620. The summed E-state index contributed by atoms with van der Waals surface area (Å²) < 4.78 is 8.62. The van der Waals surface area contributed by atoms with Crippen molar-refractivity contribution in [3.8, 4) is 73.6 Å². The molecular weight excluding hydrogens is 711 g/mol. The highest BCUT2D eigenvalue weighted by molar-refractivity contribution is 6.16.